The predicted molar refractivity (Wildman–Crippen MR) is 148 cm³/mol. The quantitative estimate of drug-likeness (QED) is 0.246. The first-order chi connectivity index (χ1) is 16.6. The minimum Gasteiger partial charge on any atom is -0.386 e. The zero-order chi connectivity index (χ0) is 25.3. The fraction of sp³-hybridized carbons (Fsp3) is 0.136. The largest absolute Gasteiger partial charge is 0.386 e. The average Bonchev–Trinajstić information content (AvgIpc) is 3.29. The number of hydrogen-bond acceptors (Lipinski definition) is 7. The summed E-state index contributed by atoms with van der Waals surface area (Å²) in [5, 5.41) is 14.1. The number of anilines is 1. The molecule has 0 spiro atoms. The van der Waals surface area contributed by atoms with Gasteiger partial charge in [-0.1, -0.05) is 29.3 Å². The summed E-state index contributed by atoms with van der Waals surface area (Å²) in [6.07, 6.45) is 5.37. The molecule has 4 rings (SSSR count). The van der Waals surface area contributed by atoms with Gasteiger partial charge in [0.25, 0.3) is 15.9 Å². The van der Waals surface area contributed by atoms with E-state index in [1.165, 1.54) is 30.3 Å². The van der Waals surface area contributed by atoms with Crippen molar-refractivity contribution < 1.29 is 18.3 Å². The third kappa shape index (κ3) is 5.75. The van der Waals surface area contributed by atoms with Crippen molar-refractivity contribution in [3.8, 4) is 0 Å². The maximum atomic E-state index is 13.2. The number of aliphatic hydroxyl groups excluding tert-OH is 1. The zero-order valence-electron chi connectivity index (χ0n) is 18.0. The maximum Gasteiger partial charge on any atom is 0.264 e. The van der Waals surface area contributed by atoms with Gasteiger partial charge in [-0.25, -0.2) is 8.42 Å². The Hall–Kier alpha value is -1.90. The van der Waals surface area contributed by atoms with Gasteiger partial charge >= 0.3 is 0 Å². The molecule has 1 amide bonds. The number of carbonyl (C=O) groups is 1. The van der Waals surface area contributed by atoms with Crippen molar-refractivity contribution in [1.29, 1.82) is 0 Å². The number of nitrogens with zero attached hydrogens (tertiary/aromatic N) is 1. The predicted octanol–water partition coefficient (Wildman–Crippen LogP) is 4.91. The van der Waals surface area contributed by atoms with Gasteiger partial charge in [0.2, 0.25) is 0 Å². The summed E-state index contributed by atoms with van der Waals surface area (Å²) in [4.78, 5) is 13.2. The highest BCUT2D eigenvalue weighted by molar-refractivity contribution is 14.1. The van der Waals surface area contributed by atoms with Gasteiger partial charge in [0.1, 0.15) is 4.91 Å². The SMILES string of the molecule is CC(NC(=O)c1ccc(I)cc1NS(=O)(=O)C1=CC=CN2SNC=C12)C(O)c1ccc(Cl)c(Cl)c1. The molecule has 2 atom stereocenters. The number of amides is 1. The van der Waals surface area contributed by atoms with Crippen molar-refractivity contribution in [3.05, 3.63) is 96.3 Å². The molecular weight excluding hydrogens is 646 g/mol. The molecule has 2 unspecified atom stereocenters. The Morgan fingerprint density at radius 2 is 1.97 bits per heavy atom. The van der Waals surface area contributed by atoms with E-state index >= 15 is 0 Å². The summed E-state index contributed by atoms with van der Waals surface area (Å²) in [5.41, 5.74) is 1.18. The van der Waals surface area contributed by atoms with Crippen LogP contribution in [0.4, 0.5) is 5.69 Å². The molecule has 8 nitrogen and oxygen atoms in total. The number of sulfonamides is 1. The van der Waals surface area contributed by atoms with E-state index in [1.807, 2.05) is 22.6 Å². The standard InChI is InChI=1S/C22H19Cl2IN4O4S2/c1-12(21(30)13-4-7-16(23)17(24)9-13)27-22(31)15-6-5-14(25)10-18(15)28-35(32,33)20-3-2-8-29-19(20)11-26-34-29/h2-12,21,26,28,30H,1H3,(H,27,31). The molecule has 2 aliphatic heterocycles. The fourth-order valence-electron chi connectivity index (χ4n) is 3.41. The van der Waals surface area contributed by atoms with Crippen molar-refractivity contribution in [2.75, 3.05) is 4.72 Å². The van der Waals surface area contributed by atoms with Crippen LogP contribution in [0.2, 0.25) is 10.0 Å². The van der Waals surface area contributed by atoms with Crippen molar-refractivity contribution in [3.63, 3.8) is 0 Å². The Labute approximate surface area is 230 Å². The number of allylic oxidation sites excluding steroid dienone is 2. The smallest absolute Gasteiger partial charge is 0.264 e. The Kier molecular flexibility index (Phi) is 7.93. The van der Waals surface area contributed by atoms with E-state index in [0.717, 1.165) is 3.57 Å². The van der Waals surface area contributed by atoms with Crippen molar-refractivity contribution in [1.82, 2.24) is 14.3 Å². The van der Waals surface area contributed by atoms with Crippen LogP contribution in [-0.4, -0.2) is 29.8 Å². The lowest BCUT2D eigenvalue weighted by Crippen LogP contribution is -2.37. The van der Waals surface area contributed by atoms with Gasteiger partial charge in [-0.05, 0) is 77.6 Å². The molecule has 2 aliphatic rings. The lowest BCUT2D eigenvalue weighted by molar-refractivity contribution is 0.0853. The number of halogens is 3. The van der Waals surface area contributed by atoms with Crippen LogP contribution in [0.15, 0.2) is 71.6 Å². The molecule has 0 fully saturated rings. The van der Waals surface area contributed by atoms with Gasteiger partial charge in [-0.15, -0.1) is 0 Å². The zero-order valence-corrected chi connectivity index (χ0v) is 23.3. The summed E-state index contributed by atoms with van der Waals surface area (Å²) in [5.74, 6) is -0.554. The normalized spacial score (nSPS) is 16.5. The second-order valence-corrected chi connectivity index (χ2v) is 12.1. The van der Waals surface area contributed by atoms with E-state index in [9.17, 15) is 18.3 Å². The first-order valence-electron chi connectivity index (χ1n) is 10.1. The molecule has 0 bridgehead atoms. The highest BCUT2D eigenvalue weighted by Gasteiger charge is 2.31. The molecule has 13 heteroatoms. The van der Waals surface area contributed by atoms with Crippen LogP contribution in [0, 0.1) is 3.57 Å². The van der Waals surface area contributed by atoms with Gasteiger partial charge in [0, 0.05) is 16.0 Å². The Bertz CT molecular complexity index is 1380. The highest BCUT2D eigenvalue weighted by atomic mass is 127. The molecule has 4 N–H and O–H groups in total. The van der Waals surface area contributed by atoms with Crippen LogP contribution in [0.25, 0.3) is 0 Å². The fourth-order valence-corrected chi connectivity index (χ4v) is 6.18. The Balaban J connectivity index is 1.56. The minimum atomic E-state index is -4.02. The first-order valence-corrected chi connectivity index (χ1v) is 14.2. The topological polar surface area (TPSA) is 111 Å². The molecule has 0 radical (unpaired) electrons. The van der Waals surface area contributed by atoms with Crippen molar-refractivity contribution in [2.24, 2.45) is 0 Å². The van der Waals surface area contributed by atoms with Crippen LogP contribution in [0.5, 0.6) is 0 Å². The van der Waals surface area contributed by atoms with Crippen LogP contribution >= 0.6 is 57.9 Å². The molecule has 0 aliphatic carbocycles. The summed E-state index contributed by atoms with van der Waals surface area (Å²) < 4.78 is 34.4. The third-order valence-electron chi connectivity index (χ3n) is 5.18. The molecule has 0 saturated carbocycles. The first kappa shape index (κ1) is 26.2. The van der Waals surface area contributed by atoms with E-state index in [-0.39, 0.29) is 21.2 Å². The maximum absolute atomic E-state index is 13.2. The van der Waals surface area contributed by atoms with Crippen LogP contribution in [0.3, 0.4) is 0 Å². The summed E-state index contributed by atoms with van der Waals surface area (Å²) in [7, 11) is -4.02. The summed E-state index contributed by atoms with van der Waals surface area (Å²) in [6, 6.07) is 8.79. The number of fused-ring (bicyclic) bond motifs is 1. The number of nitrogens with one attached hydrogen (secondary N) is 3. The lowest BCUT2D eigenvalue weighted by Gasteiger charge is -2.23. The van der Waals surface area contributed by atoms with Gasteiger partial charge in [0.05, 0.1) is 51.3 Å². The molecule has 35 heavy (non-hydrogen) atoms. The minimum absolute atomic E-state index is 0.0612. The molecule has 2 aromatic rings. The number of carbonyl (C=O) groups excluding carboxylic acids is 1. The highest BCUT2D eigenvalue weighted by Crippen LogP contribution is 2.34. The third-order valence-corrected chi connectivity index (χ3v) is 8.74. The summed E-state index contributed by atoms with van der Waals surface area (Å²) in [6.45, 7) is 1.63. The van der Waals surface area contributed by atoms with Gasteiger partial charge < -0.3 is 15.1 Å². The van der Waals surface area contributed by atoms with Gasteiger partial charge in [-0.2, -0.15) is 0 Å². The summed E-state index contributed by atoms with van der Waals surface area (Å²) >= 11 is 15.3. The molecule has 0 aromatic heterocycles. The van der Waals surface area contributed by atoms with E-state index in [0.29, 0.717) is 16.3 Å². The molecule has 2 heterocycles. The molecule has 184 valence electrons. The average molecular weight is 665 g/mol. The Morgan fingerprint density at radius 3 is 2.71 bits per heavy atom. The van der Waals surface area contributed by atoms with Crippen molar-refractivity contribution in [2.45, 2.75) is 19.1 Å². The Morgan fingerprint density at radius 1 is 1.20 bits per heavy atom. The second-order valence-electron chi connectivity index (χ2n) is 7.61. The number of aliphatic hydroxyl groups is 1. The number of benzene rings is 2. The molecule has 2 aromatic carbocycles. The molecular formula is C22H19Cl2IN4O4S2. The van der Waals surface area contributed by atoms with Crippen molar-refractivity contribution >= 4 is 79.5 Å². The van der Waals surface area contributed by atoms with E-state index in [2.05, 4.69) is 14.8 Å². The van der Waals surface area contributed by atoms with Crippen LogP contribution < -0.4 is 14.8 Å². The van der Waals surface area contributed by atoms with Crippen LogP contribution in [0.1, 0.15) is 28.9 Å². The van der Waals surface area contributed by atoms with Gasteiger partial charge in [0.15, 0.2) is 0 Å². The van der Waals surface area contributed by atoms with Crippen LogP contribution in [-0.2, 0) is 10.0 Å². The van der Waals surface area contributed by atoms with Gasteiger partial charge in [-0.3, -0.25) is 13.8 Å². The van der Waals surface area contributed by atoms with E-state index < -0.39 is 28.1 Å². The van der Waals surface area contributed by atoms with E-state index in [1.54, 1.807) is 54.0 Å². The van der Waals surface area contributed by atoms with E-state index in [4.69, 9.17) is 23.2 Å². The monoisotopic (exact) mass is 664 g/mol. The lowest BCUT2D eigenvalue weighted by atomic mass is 10.0. The molecule has 0 saturated heterocycles. The number of hydrogen-bond donors (Lipinski definition) is 4. The second kappa shape index (κ2) is 10.6. The number of rotatable bonds is 7.